The SMILES string of the molecule is O=S(=O)(Nc1ccc(Cl)cc1I)N1CCC(CO)CC1. The van der Waals surface area contributed by atoms with Crippen LogP contribution in [0.5, 0.6) is 0 Å². The minimum Gasteiger partial charge on any atom is -0.396 e. The normalized spacial score (nSPS) is 18.1. The number of piperidine rings is 1. The van der Waals surface area contributed by atoms with E-state index in [4.69, 9.17) is 16.7 Å². The van der Waals surface area contributed by atoms with Crippen LogP contribution in [-0.4, -0.2) is 37.5 Å². The number of benzene rings is 1. The molecule has 0 aliphatic carbocycles. The van der Waals surface area contributed by atoms with Crippen molar-refractivity contribution in [3.05, 3.63) is 26.8 Å². The van der Waals surface area contributed by atoms with Crippen molar-refractivity contribution in [2.45, 2.75) is 12.8 Å². The van der Waals surface area contributed by atoms with Gasteiger partial charge in [0.1, 0.15) is 0 Å². The number of hydrogen-bond donors (Lipinski definition) is 2. The molecule has 0 spiro atoms. The highest BCUT2D eigenvalue weighted by molar-refractivity contribution is 14.1. The maximum Gasteiger partial charge on any atom is 0.301 e. The van der Waals surface area contributed by atoms with Crippen LogP contribution in [0.4, 0.5) is 5.69 Å². The molecular formula is C12H16ClIN2O3S. The van der Waals surface area contributed by atoms with Crippen molar-refractivity contribution in [1.29, 1.82) is 0 Å². The molecule has 1 aromatic rings. The van der Waals surface area contributed by atoms with E-state index < -0.39 is 10.2 Å². The fourth-order valence-corrected chi connectivity index (χ4v) is 4.57. The molecule has 1 saturated heterocycles. The Morgan fingerprint density at radius 3 is 2.60 bits per heavy atom. The van der Waals surface area contributed by atoms with Crippen LogP contribution in [0.2, 0.25) is 5.02 Å². The molecule has 0 unspecified atom stereocenters. The molecule has 2 rings (SSSR count). The first-order valence-electron chi connectivity index (χ1n) is 6.26. The number of aliphatic hydroxyl groups excluding tert-OH is 1. The molecule has 20 heavy (non-hydrogen) atoms. The summed E-state index contributed by atoms with van der Waals surface area (Å²) in [6, 6.07) is 5.01. The molecule has 1 heterocycles. The molecule has 0 saturated carbocycles. The van der Waals surface area contributed by atoms with Gasteiger partial charge in [-0.25, -0.2) is 0 Å². The molecule has 1 aliphatic heterocycles. The predicted octanol–water partition coefficient (Wildman–Crippen LogP) is 2.31. The number of halogens is 2. The zero-order chi connectivity index (χ0) is 14.8. The Bertz CT molecular complexity index is 574. The monoisotopic (exact) mass is 430 g/mol. The fourth-order valence-electron chi connectivity index (χ4n) is 2.11. The molecule has 0 amide bonds. The van der Waals surface area contributed by atoms with Gasteiger partial charge in [-0.05, 0) is 59.5 Å². The summed E-state index contributed by atoms with van der Waals surface area (Å²) in [6.45, 7) is 0.992. The van der Waals surface area contributed by atoms with E-state index in [0.29, 0.717) is 36.6 Å². The van der Waals surface area contributed by atoms with Gasteiger partial charge in [0, 0.05) is 28.3 Å². The lowest BCUT2D eigenvalue weighted by atomic mass is 10.00. The Morgan fingerprint density at radius 2 is 2.05 bits per heavy atom. The number of nitrogens with zero attached hydrogens (tertiary/aromatic N) is 1. The quantitative estimate of drug-likeness (QED) is 0.720. The van der Waals surface area contributed by atoms with Crippen molar-refractivity contribution < 1.29 is 13.5 Å². The van der Waals surface area contributed by atoms with Crippen LogP contribution >= 0.6 is 34.2 Å². The van der Waals surface area contributed by atoms with E-state index in [0.717, 1.165) is 3.57 Å². The van der Waals surface area contributed by atoms with Crippen LogP contribution in [0.25, 0.3) is 0 Å². The minimum atomic E-state index is -3.55. The van der Waals surface area contributed by atoms with E-state index in [1.807, 2.05) is 22.6 Å². The Balaban J connectivity index is 2.08. The third-order valence-electron chi connectivity index (χ3n) is 3.34. The zero-order valence-electron chi connectivity index (χ0n) is 10.7. The maximum atomic E-state index is 12.3. The lowest BCUT2D eigenvalue weighted by molar-refractivity contribution is 0.170. The van der Waals surface area contributed by atoms with Gasteiger partial charge in [0.15, 0.2) is 0 Å². The number of rotatable bonds is 4. The Hall–Kier alpha value is -0.0900. The minimum absolute atomic E-state index is 0.121. The topological polar surface area (TPSA) is 69.6 Å². The van der Waals surface area contributed by atoms with Crippen LogP contribution < -0.4 is 4.72 Å². The summed E-state index contributed by atoms with van der Waals surface area (Å²) in [7, 11) is -3.55. The smallest absolute Gasteiger partial charge is 0.301 e. The molecular weight excluding hydrogens is 415 g/mol. The van der Waals surface area contributed by atoms with Gasteiger partial charge in [-0.15, -0.1) is 0 Å². The average molecular weight is 431 g/mol. The summed E-state index contributed by atoms with van der Waals surface area (Å²) >= 11 is 7.90. The highest BCUT2D eigenvalue weighted by atomic mass is 127. The van der Waals surface area contributed by atoms with Crippen LogP contribution in [0.3, 0.4) is 0 Å². The van der Waals surface area contributed by atoms with Crippen molar-refractivity contribution >= 4 is 50.1 Å². The van der Waals surface area contributed by atoms with E-state index in [9.17, 15) is 8.42 Å². The first kappa shape index (κ1) is 16.3. The fraction of sp³-hybridized carbons (Fsp3) is 0.500. The first-order chi connectivity index (χ1) is 9.42. The Kier molecular flexibility index (Phi) is 5.52. The van der Waals surface area contributed by atoms with Gasteiger partial charge in [-0.3, -0.25) is 4.72 Å². The standard InChI is InChI=1S/C12H16ClIN2O3S/c13-10-1-2-12(11(14)7-10)15-20(18,19)16-5-3-9(8-17)4-6-16/h1-2,7,9,15,17H,3-6,8H2. The van der Waals surface area contributed by atoms with E-state index >= 15 is 0 Å². The molecule has 0 aromatic heterocycles. The van der Waals surface area contributed by atoms with Gasteiger partial charge in [0.2, 0.25) is 0 Å². The molecule has 8 heteroatoms. The lowest BCUT2D eigenvalue weighted by Gasteiger charge is -2.30. The molecule has 1 aliphatic rings. The molecule has 0 radical (unpaired) electrons. The summed E-state index contributed by atoms with van der Waals surface area (Å²) in [6.07, 6.45) is 1.38. The number of aliphatic hydroxyl groups is 1. The van der Waals surface area contributed by atoms with Crippen molar-refractivity contribution in [2.24, 2.45) is 5.92 Å². The second kappa shape index (κ2) is 6.78. The Morgan fingerprint density at radius 1 is 1.40 bits per heavy atom. The first-order valence-corrected chi connectivity index (χ1v) is 9.16. The highest BCUT2D eigenvalue weighted by Crippen LogP contribution is 2.25. The van der Waals surface area contributed by atoms with Gasteiger partial charge in [-0.1, -0.05) is 11.6 Å². The van der Waals surface area contributed by atoms with Gasteiger partial charge < -0.3 is 5.11 Å². The summed E-state index contributed by atoms with van der Waals surface area (Å²) in [5.41, 5.74) is 0.527. The highest BCUT2D eigenvalue weighted by Gasteiger charge is 2.28. The Labute approximate surface area is 137 Å². The summed E-state index contributed by atoms with van der Waals surface area (Å²) in [4.78, 5) is 0. The van der Waals surface area contributed by atoms with Gasteiger partial charge in [0.05, 0.1) is 5.69 Å². The second-order valence-corrected chi connectivity index (χ2v) is 8.03. The number of anilines is 1. The molecule has 0 bridgehead atoms. The van der Waals surface area contributed by atoms with Gasteiger partial charge >= 0.3 is 10.2 Å². The predicted molar refractivity (Wildman–Crippen MR) is 88.1 cm³/mol. The molecule has 0 atom stereocenters. The van der Waals surface area contributed by atoms with Crippen molar-refractivity contribution in [2.75, 3.05) is 24.4 Å². The molecule has 1 aromatic carbocycles. The summed E-state index contributed by atoms with van der Waals surface area (Å²) in [5, 5.41) is 9.65. The summed E-state index contributed by atoms with van der Waals surface area (Å²) in [5.74, 6) is 0.206. The van der Waals surface area contributed by atoms with Crippen LogP contribution in [0.1, 0.15) is 12.8 Å². The van der Waals surface area contributed by atoms with Crippen LogP contribution in [0, 0.1) is 9.49 Å². The molecule has 1 fully saturated rings. The van der Waals surface area contributed by atoms with E-state index in [-0.39, 0.29) is 12.5 Å². The van der Waals surface area contributed by atoms with E-state index in [1.54, 1.807) is 18.2 Å². The second-order valence-electron chi connectivity index (χ2n) is 4.76. The average Bonchev–Trinajstić information content (AvgIpc) is 2.42. The molecule has 112 valence electrons. The van der Waals surface area contributed by atoms with Crippen molar-refractivity contribution in [3.8, 4) is 0 Å². The van der Waals surface area contributed by atoms with E-state index in [2.05, 4.69) is 4.72 Å². The molecule has 2 N–H and O–H groups in total. The van der Waals surface area contributed by atoms with Crippen LogP contribution in [0.15, 0.2) is 18.2 Å². The number of hydrogen-bond acceptors (Lipinski definition) is 3. The lowest BCUT2D eigenvalue weighted by Crippen LogP contribution is -2.42. The van der Waals surface area contributed by atoms with Crippen LogP contribution in [-0.2, 0) is 10.2 Å². The van der Waals surface area contributed by atoms with Gasteiger partial charge in [-0.2, -0.15) is 12.7 Å². The third kappa shape index (κ3) is 3.97. The van der Waals surface area contributed by atoms with Crippen molar-refractivity contribution in [1.82, 2.24) is 4.31 Å². The summed E-state index contributed by atoms with van der Waals surface area (Å²) < 4.78 is 29.4. The zero-order valence-corrected chi connectivity index (χ0v) is 14.4. The largest absolute Gasteiger partial charge is 0.396 e. The molecule has 5 nitrogen and oxygen atoms in total. The third-order valence-corrected chi connectivity index (χ3v) is 5.99. The maximum absolute atomic E-state index is 12.3. The van der Waals surface area contributed by atoms with Gasteiger partial charge in [0.25, 0.3) is 0 Å². The van der Waals surface area contributed by atoms with Crippen molar-refractivity contribution in [3.63, 3.8) is 0 Å². The van der Waals surface area contributed by atoms with E-state index in [1.165, 1.54) is 4.31 Å². The number of nitrogens with one attached hydrogen (secondary N) is 1.